The van der Waals surface area contributed by atoms with E-state index in [-0.39, 0.29) is 5.38 Å². The summed E-state index contributed by atoms with van der Waals surface area (Å²) in [7, 11) is 2.02. The second-order valence-electron chi connectivity index (χ2n) is 3.30. The Morgan fingerprint density at radius 2 is 2.15 bits per heavy atom. The number of alkyl halides is 1. The molecule has 0 saturated carbocycles. The van der Waals surface area contributed by atoms with Gasteiger partial charge in [0.25, 0.3) is 0 Å². The number of aryl methyl sites for hydroxylation is 2. The lowest BCUT2D eigenvalue weighted by Crippen LogP contribution is -2.23. The summed E-state index contributed by atoms with van der Waals surface area (Å²) in [5.74, 6) is 0. The number of nitrogens with zero attached hydrogens (tertiary/aromatic N) is 2. The molecule has 0 radical (unpaired) electrons. The van der Waals surface area contributed by atoms with E-state index < -0.39 is 0 Å². The van der Waals surface area contributed by atoms with Gasteiger partial charge in [-0.3, -0.25) is 0 Å². The second kappa shape index (κ2) is 4.29. The molecule has 1 heterocycles. The predicted octanol–water partition coefficient (Wildman–Crippen LogP) is 2.82. The van der Waals surface area contributed by atoms with Crippen LogP contribution >= 0.6 is 22.9 Å². The molecule has 1 rings (SSSR count). The molecule has 0 spiro atoms. The van der Waals surface area contributed by atoms with Gasteiger partial charge in [0, 0.05) is 23.8 Å². The molecule has 0 amide bonds. The number of rotatable bonds is 3. The molecule has 0 aliphatic carbocycles. The topological polar surface area (TPSA) is 16.1 Å². The Morgan fingerprint density at radius 1 is 1.54 bits per heavy atom. The SMILES string of the molecule is Cc1nc(N(C)CC(C)Cl)sc1C. The molecule has 1 atom stereocenters. The highest BCUT2D eigenvalue weighted by atomic mass is 35.5. The number of hydrogen-bond donors (Lipinski definition) is 0. The first-order valence-corrected chi connectivity index (χ1v) is 5.55. The van der Waals surface area contributed by atoms with E-state index in [1.807, 2.05) is 20.9 Å². The number of halogens is 1. The molecule has 0 bridgehead atoms. The van der Waals surface area contributed by atoms with Crippen molar-refractivity contribution in [1.82, 2.24) is 4.98 Å². The fourth-order valence-electron chi connectivity index (χ4n) is 1.07. The minimum Gasteiger partial charge on any atom is -0.350 e. The summed E-state index contributed by atoms with van der Waals surface area (Å²) in [6, 6.07) is 0. The Morgan fingerprint density at radius 3 is 2.54 bits per heavy atom. The molecule has 1 aromatic rings. The van der Waals surface area contributed by atoms with Crippen molar-refractivity contribution < 1.29 is 0 Å². The standard InChI is InChI=1S/C9H15ClN2S/c1-6(10)5-12(4)9-11-7(2)8(3)13-9/h6H,5H2,1-4H3. The van der Waals surface area contributed by atoms with Crippen molar-refractivity contribution in [2.75, 3.05) is 18.5 Å². The minimum atomic E-state index is 0.162. The molecule has 0 saturated heterocycles. The maximum Gasteiger partial charge on any atom is 0.185 e. The first kappa shape index (κ1) is 10.8. The van der Waals surface area contributed by atoms with Crippen molar-refractivity contribution in [2.24, 2.45) is 0 Å². The highest BCUT2D eigenvalue weighted by Gasteiger charge is 2.09. The smallest absolute Gasteiger partial charge is 0.185 e. The largest absolute Gasteiger partial charge is 0.350 e. The summed E-state index contributed by atoms with van der Waals surface area (Å²) in [5, 5.41) is 1.22. The molecule has 2 nitrogen and oxygen atoms in total. The number of thiazole rings is 1. The van der Waals surface area contributed by atoms with Crippen LogP contribution in [0.2, 0.25) is 0 Å². The van der Waals surface area contributed by atoms with Gasteiger partial charge < -0.3 is 4.90 Å². The van der Waals surface area contributed by atoms with E-state index in [1.165, 1.54) is 4.88 Å². The van der Waals surface area contributed by atoms with Crippen LogP contribution in [0.4, 0.5) is 5.13 Å². The average molecular weight is 219 g/mol. The first-order chi connectivity index (χ1) is 6.00. The normalized spacial score (nSPS) is 13.0. The van der Waals surface area contributed by atoms with E-state index in [0.29, 0.717) is 0 Å². The molecule has 0 aliphatic heterocycles. The van der Waals surface area contributed by atoms with Crippen molar-refractivity contribution in [3.8, 4) is 0 Å². The third-order valence-corrected chi connectivity index (χ3v) is 3.19. The molecular formula is C9H15ClN2S. The molecule has 0 aliphatic rings. The summed E-state index contributed by atoms with van der Waals surface area (Å²) in [5.41, 5.74) is 1.12. The van der Waals surface area contributed by atoms with Gasteiger partial charge in [-0.2, -0.15) is 0 Å². The van der Waals surface area contributed by atoms with Crippen LogP contribution in [-0.2, 0) is 0 Å². The van der Waals surface area contributed by atoms with Gasteiger partial charge in [-0.1, -0.05) is 0 Å². The molecule has 1 unspecified atom stereocenters. The molecule has 4 heteroatoms. The average Bonchev–Trinajstić information content (AvgIpc) is 2.31. The molecule has 0 fully saturated rings. The lowest BCUT2D eigenvalue weighted by molar-refractivity contribution is 0.853. The van der Waals surface area contributed by atoms with Crippen LogP contribution in [0.5, 0.6) is 0 Å². The molecule has 1 aromatic heterocycles. The van der Waals surface area contributed by atoms with E-state index in [9.17, 15) is 0 Å². The molecular weight excluding hydrogens is 204 g/mol. The van der Waals surface area contributed by atoms with Gasteiger partial charge >= 0.3 is 0 Å². The third kappa shape index (κ3) is 2.85. The van der Waals surface area contributed by atoms with E-state index in [2.05, 4.69) is 16.8 Å². The summed E-state index contributed by atoms with van der Waals surface area (Å²) >= 11 is 7.62. The monoisotopic (exact) mass is 218 g/mol. The lowest BCUT2D eigenvalue weighted by Gasteiger charge is -2.16. The number of anilines is 1. The Kier molecular flexibility index (Phi) is 3.56. The third-order valence-electron chi connectivity index (χ3n) is 1.87. The summed E-state index contributed by atoms with van der Waals surface area (Å²) in [6.45, 7) is 6.96. The quantitative estimate of drug-likeness (QED) is 0.726. The van der Waals surface area contributed by atoms with Gasteiger partial charge in [-0.05, 0) is 20.8 Å². The van der Waals surface area contributed by atoms with Gasteiger partial charge in [0.1, 0.15) is 0 Å². The summed E-state index contributed by atoms with van der Waals surface area (Å²) < 4.78 is 0. The van der Waals surface area contributed by atoms with E-state index in [0.717, 1.165) is 17.4 Å². The predicted molar refractivity (Wildman–Crippen MR) is 60.2 cm³/mol. The van der Waals surface area contributed by atoms with Crippen molar-refractivity contribution >= 4 is 28.1 Å². The van der Waals surface area contributed by atoms with Gasteiger partial charge in [-0.25, -0.2) is 4.98 Å². The van der Waals surface area contributed by atoms with Crippen molar-refractivity contribution in [1.29, 1.82) is 0 Å². The number of hydrogen-bond acceptors (Lipinski definition) is 3. The van der Waals surface area contributed by atoms with E-state index >= 15 is 0 Å². The lowest BCUT2D eigenvalue weighted by atomic mass is 10.4. The zero-order valence-electron chi connectivity index (χ0n) is 8.47. The van der Waals surface area contributed by atoms with Crippen LogP contribution in [0.15, 0.2) is 0 Å². The molecule has 13 heavy (non-hydrogen) atoms. The number of aromatic nitrogens is 1. The maximum absolute atomic E-state index is 5.90. The molecule has 74 valence electrons. The van der Waals surface area contributed by atoms with Crippen LogP contribution in [0, 0.1) is 13.8 Å². The summed E-state index contributed by atoms with van der Waals surface area (Å²) in [4.78, 5) is 7.83. The van der Waals surface area contributed by atoms with E-state index in [4.69, 9.17) is 11.6 Å². The Hall–Kier alpha value is -0.280. The van der Waals surface area contributed by atoms with Crippen LogP contribution in [-0.4, -0.2) is 24.0 Å². The second-order valence-corrected chi connectivity index (χ2v) is 5.23. The van der Waals surface area contributed by atoms with Crippen molar-refractivity contribution in [2.45, 2.75) is 26.1 Å². The van der Waals surface area contributed by atoms with Gasteiger partial charge in [0.2, 0.25) is 0 Å². The molecule has 0 N–H and O–H groups in total. The highest BCUT2D eigenvalue weighted by Crippen LogP contribution is 2.24. The van der Waals surface area contributed by atoms with Gasteiger partial charge in [0.05, 0.1) is 5.69 Å². The van der Waals surface area contributed by atoms with Gasteiger partial charge in [0.15, 0.2) is 5.13 Å². The van der Waals surface area contributed by atoms with Gasteiger partial charge in [-0.15, -0.1) is 22.9 Å². The Balaban J connectivity index is 2.71. The minimum absolute atomic E-state index is 0.162. The first-order valence-electron chi connectivity index (χ1n) is 4.30. The maximum atomic E-state index is 5.90. The Bertz CT molecular complexity index is 264. The molecule has 0 aromatic carbocycles. The Labute approximate surface area is 88.5 Å². The summed E-state index contributed by atoms with van der Waals surface area (Å²) in [6.07, 6.45) is 0. The fourth-order valence-corrected chi connectivity index (χ4v) is 2.16. The fraction of sp³-hybridized carbons (Fsp3) is 0.667. The van der Waals surface area contributed by atoms with Crippen LogP contribution < -0.4 is 4.90 Å². The highest BCUT2D eigenvalue weighted by molar-refractivity contribution is 7.15. The van der Waals surface area contributed by atoms with Crippen LogP contribution in [0.3, 0.4) is 0 Å². The zero-order valence-corrected chi connectivity index (χ0v) is 10.0. The van der Waals surface area contributed by atoms with Crippen molar-refractivity contribution in [3.63, 3.8) is 0 Å². The van der Waals surface area contributed by atoms with Crippen LogP contribution in [0.1, 0.15) is 17.5 Å². The zero-order chi connectivity index (χ0) is 10.0. The van der Waals surface area contributed by atoms with Crippen LogP contribution in [0.25, 0.3) is 0 Å². The van der Waals surface area contributed by atoms with E-state index in [1.54, 1.807) is 11.3 Å². The van der Waals surface area contributed by atoms with Crippen molar-refractivity contribution in [3.05, 3.63) is 10.6 Å².